The Bertz CT molecular complexity index is 1080. The van der Waals surface area contributed by atoms with E-state index in [1.165, 1.54) is 13.2 Å². The molecule has 0 spiro atoms. The Morgan fingerprint density at radius 3 is 2.50 bits per heavy atom. The van der Waals surface area contributed by atoms with E-state index >= 15 is 0 Å². The van der Waals surface area contributed by atoms with Gasteiger partial charge in [-0.2, -0.15) is 0 Å². The van der Waals surface area contributed by atoms with Gasteiger partial charge in [0.05, 0.1) is 12.7 Å². The molecule has 1 heterocycles. The van der Waals surface area contributed by atoms with Gasteiger partial charge in [0.25, 0.3) is 0 Å². The highest BCUT2D eigenvalue weighted by Crippen LogP contribution is 2.48. The van der Waals surface area contributed by atoms with Gasteiger partial charge >= 0.3 is 5.97 Å². The Morgan fingerprint density at radius 2 is 1.71 bits per heavy atom. The molecule has 3 aromatic carbocycles. The number of ether oxygens (including phenoxy) is 1. The Morgan fingerprint density at radius 1 is 0.917 bits per heavy atom. The molecule has 1 atom stereocenters. The molecule has 4 aromatic rings. The van der Waals surface area contributed by atoms with E-state index in [0.717, 1.165) is 25.1 Å². The lowest BCUT2D eigenvalue weighted by molar-refractivity contribution is 0.0601. The van der Waals surface area contributed by atoms with Crippen molar-refractivity contribution < 1.29 is 13.9 Å². The molecule has 0 bridgehead atoms. The fraction of sp³-hybridized carbons (Fsp3) is 0.0500. The summed E-state index contributed by atoms with van der Waals surface area (Å²) in [7, 11) is 1.01. The first kappa shape index (κ1) is 14.8. The van der Waals surface area contributed by atoms with Crippen LogP contribution in [0, 0.1) is 5.82 Å². The summed E-state index contributed by atoms with van der Waals surface area (Å²) in [6, 6.07) is 20.4. The van der Waals surface area contributed by atoms with Crippen molar-refractivity contribution in [2.45, 2.75) is 0 Å². The van der Waals surface area contributed by atoms with Gasteiger partial charge in [0.2, 0.25) is 0 Å². The summed E-state index contributed by atoms with van der Waals surface area (Å²) >= 11 is 0. The molecule has 0 N–H and O–H groups in total. The van der Waals surface area contributed by atoms with Crippen molar-refractivity contribution in [3.8, 4) is 4.90 Å². The average molecular weight is 337 g/mol. The van der Waals surface area contributed by atoms with Crippen molar-refractivity contribution in [3.63, 3.8) is 0 Å². The number of fused-ring (bicyclic) bond motifs is 3. The molecular weight excluding hydrogens is 323 g/mol. The third-order valence-electron chi connectivity index (χ3n) is 4.05. The van der Waals surface area contributed by atoms with Gasteiger partial charge in [-0.25, -0.2) is 9.18 Å². The zero-order chi connectivity index (χ0) is 16.7. The average Bonchev–Trinajstić information content (AvgIpc) is 2.94. The van der Waals surface area contributed by atoms with Crippen LogP contribution in [-0.4, -0.2) is 13.1 Å². The van der Waals surface area contributed by atoms with Crippen LogP contribution in [0.2, 0.25) is 0 Å². The number of esters is 1. The van der Waals surface area contributed by atoms with Crippen LogP contribution in [-0.2, 0) is 4.74 Å². The fourth-order valence-corrected chi connectivity index (χ4v) is 5.39. The lowest BCUT2D eigenvalue weighted by Crippen LogP contribution is -2.00. The van der Waals surface area contributed by atoms with Crippen LogP contribution >= 0.6 is 10.5 Å². The number of hydrogen-bond acceptors (Lipinski definition) is 2. The van der Waals surface area contributed by atoms with E-state index in [1.807, 2.05) is 36.4 Å². The molecule has 24 heavy (non-hydrogen) atoms. The zero-order valence-electron chi connectivity index (χ0n) is 13.0. The predicted octanol–water partition coefficient (Wildman–Crippen LogP) is 5.66. The first-order valence-electron chi connectivity index (χ1n) is 7.50. The van der Waals surface area contributed by atoms with Gasteiger partial charge in [-0.15, -0.1) is 0 Å². The molecular formula is C20H14FO2S+. The Hall–Kier alpha value is -2.72. The SMILES string of the molecule is COC(=O)c1ccc2c(c1)c1ccccc1[s+]2-c1cccc(F)c1. The smallest absolute Gasteiger partial charge is 0.337 e. The van der Waals surface area contributed by atoms with Crippen molar-refractivity contribution in [3.05, 3.63) is 78.1 Å². The van der Waals surface area contributed by atoms with Crippen molar-refractivity contribution in [1.82, 2.24) is 0 Å². The standard InChI is InChI=1S/C20H14FO2S/c1-23-20(22)13-9-10-19-17(11-13)16-7-2-3-8-18(16)24(19)15-6-4-5-14(21)12-15/h2-12H,1H3/q+1. The summed E-state index contributed by atoms with van der Waals surface area (Å²) in [4.78, 5) is 12.8. The van der Waals surface area contributed by atoms with Crippen LogP contribution in [0.25, 0.3) is 25.1 Å². The summed E-state index contributed by atoms with van der Waals surface area (Å²) in [5.74, 6) is -0.593. The molecule has 0 aliphatic heterocycles. The Kier molecular flexibility index (Phi) is 3.54. The summed E-state index contributed by atoms with van der Waals surface area (Å²) in [6.07, 6.45) is 0. The quantitative estimate of drug-likeness (QED) is 0.349. The molecule has 2 nitrogen and oxygen atoms in total. The fourth-order valence-electron chi connectivity index (χ4n) is 3.00. The van der Waals surface area contributed by atoms with Gasteiger partial charge in [0.15, 0.2) is 14.3 Å². The predicted molar refractivity (Wildman–Crippen MR) is 96.6 cm³/mol. The molecule has 0 aliphatic rings. The minimum atomic E-state index is -0.366. The Balaban J connectivity index is 2.10. The number of methoxy groups -OCH3 is 1. The Labute approximate surface area is 141 Å². The molecule has 0 amide bonds. The van der Waals surface area contributed by atoms with Gasteiger partial charge in [0, 0.05) is 27.3 Å². The second kappa shape index (κ2) is 5.73. The van der Waals surface area contributed by atoms with E-state index in [9.17, 15) is 9.18 Å². The van der Waals surface area contributed by atoms with E-state index in [-0.39, 0.29) is 22.3 Å². The lowest BCUT2D eigenvalue weighted by atomic mass is 10.1. The molecule has 1 aromatic heterocycles. The van der Waals surface area contributed by atoms with E-state index in [2.05, 4.69) is 6.07 Å². The molecule has 1 unspecified atom stereocenters. The first-order valence-corrected chi connectivity index (χ1v) is 8.73. The van der Waals surface area contributed by atoms with E-state index < -0.39 is 0 Å². The van der Waals surface area contributed by atoms with Crippen LogP contribution in [0.1, 0.15) is 10.4 Å². The zero-order valence-corrected chi connectivity index (χ0v) is 13.8. The van der Waals surface area contributed by atoms with Crippen LogP contribution in [0.15, 0.2) is 66.7 Å². The minimum Gasteiger partial charge on any atom is -0.465 e. The summed E-state index contributed by atoms with van der Waals surface area (Å²) in [5.41, 5.74) is 0.524. The van der Waals surface area contributed by atoms with Gasteiger partial charge in [-0.05, 0) is 42.5 Å². The van der Waals surface area contributed by atoms with Crippen LogP contribution in [0.5, 0.6) is 0 Å². The molecule has 4 rings (SSSR count). The van der Waals surface area contributed by atoms with Gasteiger partial charge < -0.3 is 4.74 Å². The topological polar surface area (TPSA) is 26.3 Å². The monoisotopic (exact) mass is 337 g/mol. The van der Waals surface area contributed by atoms with Gasteiger partial charge in [-0.1, -0.05) is 18.2 Å². The number of carbonyl (C=O) groups excluding carboxylic acids is 1. The van der Waals surface area contributed by atoms with Crippen LogP contribution in [0.3, 0.4) is 0 Å². The number of rotatable bonds is 2. The number of hydrogen-bond donors (Lipinski definition) is 0. The maximum atomic E-state index is 13.7. The summed E-state index contributed by atoms with van der Waals surface area (Å²) < 4.78 is 20.8. The summed E-state index contributed by atoms with van der Waals surface area (Å²) in [5, 5.41) is 2.10. The molecule has 0 aliphatic carbocycles. The maximum Gasteiger partial charge on any atom is 0.337 e. The minimum absolute atomic E-state index is 0.239. The third kappa shape index (κ3) is 2.27. The molecule has 4 heteroatoms. The molecule has 118 valence electrons. The molecule has 0 fully saturated rings. The van der Waals surface area contributed by atoms with Gasteiger partial charge in [0.1, 0.15) is 5.82 Å². The highest BCUT2D eigenvalue weighted by molar-refractivity contribution is 7.50. The largest absolute Gasteiger partial charge is 0.465 e. The van der Waals surface area contributed by atoms with E-state index in [1.54, 1.807) is 18.2 Å². The van der Waals surface area contributed by atoms with Crippen LogP contribution < -0.4 is 0 Å². The normalized spacial score (nSPS) is 11.8. The lowest BCUT2D eigenvalue weighted by Gasteiger charge is -1.98. The molecule has 0 radical (unpaired) electrons. The summed E-state index contributed by atoms with van der Waals surface area (Å²) in [6.45, 7) is 0. The second-order valence-electron chi connectivity index (χ2n) is 5.46. The van der Waals surface area contributed by atoms with Gasteiger partial charge in [-0.3, -0.25) is 0 Å². The van der Waals surface area contributed by atoms with E-state index in [0.29, 0.717) is 5.56 Å². The van der Waals surface area contributed by atoms with Crippen molar-refractivity contribution in [2.24, 2.45) is 0 Å². The van der Waals surface area contributed by atoms with Crippen molar-refractivity contribution in [2.75, 3.05) is 7.11 Å². The number of thiophene rings is 1. The van der Waals surface area contributed by atoms with Crippen molar-refractivity contribution >= 4 is 36.6 Å². The van der Waals surface area contributed by atoms with Crippen molar-refractivity contribution in [1.29, 1.82) is 0 Å². The molecule has 0 saturated carbocycles. The van der Waals surface area contributed by atoms with E-state index in [4.69, 9.17) is 4.74 Å². The third-order valence-corrected chi connectivity index (χ3v) is 6.37. The highest BCUT2D eigenvalue weighted by Gasteiger charge is 2.24. The number of halogens is 1. The highest BCUT2D eigenvalue weighted by atomic mass is 32.2. The number of carbonyl (C=O) groups is 1. The second-order valence-corrected chi connectivity index (χ2v) is 7.43. The maximum absolute atomic E-state index is 13.7. The number of benzene rings is 3. The van der Waals surface area contributed by atoms with Crippen LogP contribution in [0.4, 0.5) is 4.39 Å². The first-order chi connectivity index (χ1) is 11.7. The molecule has 0 saturated heterocycles.